The van der Waals surface area contributed by atoms with Crippen LogP contribution >= 0.6 is 0 Å². The number of furan rings is 1. The predicted octanol–water partition coefficient (Wildman–Crippen LogP) is 1.06. The third kappa shape index (κ3) is 4.48. The van der Waals surface area contributed by atoms with Crippen LogP contribution in [0.5, 0.6) is 0 Å². The SMILES string of the molecule is COCC(CO)CO.O=CCC(=O)c1cc2c(o1)C(=O)c1ccccc1C2=O. The van der Waals surface area contributed by atoms with Gasteiger partial charge in [-0.2, -0.15) is 0 Å². The predicted molar refractivity (Wildman–Crippen MR) is 96.6 cm³/mol. The highest BCUT2D eigenvalue weighted by molar-refractivity contribution is 6.27. The van der Waals surface area contributed by atoms with Crippen LogP contribution in [0.2, 0.25) is 0 Å². The third-order valence-corrected chi connectivity index (χ3v) is 4.06. The molecule has 0 amide bonds. The summed E-state index contributed by atoms with van der Waals surface area (Å²) in [4.78, 5) is 46.4. The topological polar surface area (TPSA) is 131 Å². The second kappa shape index (κ2) is 9.84. The number of carbonyl (C=O) groups excluding carboxylic acids is 4. The van der Waals surface area contributed by atoms with Crippen LogP contribution in [0.15, 0.2) is 34.7 Å². The van der Waals surface area contributed by atoms with E-state index in [4.69, 9.17) is 14.6 Å². The first kappa shape index (κ1) is 21.4. The molecule has 0 aliphatic heterocycles. The summed E-state index contributed by atoms with van der Waals surface area (Å²) in [6, 6.07) is 7.63. The van der Waals surface area contributed by atoms with E-state index < -0.39 is 11.6 Å². The van der Waals surface area contributed by atoms with E-state index in [1.807, 2.05) is 0 Å². The van der Waals surface area contributed by atoms with Gasteiger partial charge in [0, 0.05) is 24.2 Å². The number of aldehydes is 1. The van der Waals surface area contributed by atoms with Crippen LogP contribution in [-0.4, -0.2) is 60.8 Å². The number of fused-ring (bicyclic) bond motifs is 2. The van der Waals surface area contributed by atoms with E-state index in [2.05, 4.69) is 4.74 Å². The Morgan fingerprint density at radius 3 is 2.21 bits per heavy atom. The summed E-state index contributed by atoms with van der Waals surface area (Å²) in [5.41, 5.74) is 0.622. The monoisotopic (exact) mass is 388 g/mol. The molecule has 0 saturated heterocycles. The van der Waals surface area contributed by atoms with Crippen LogP contribution in [0.3, 0.4) is 0 Å². The van der Waals surface area contributed by atoms with E-state index in [-0.39, 0.29) is 54.0 Å². The van der Waals surface area contributed by atoms with Crippen LogP contribution in [0.4, 0.5) is 0 Å². The second-order valence-corrected chi connectivity index (χ2v) is 6.04. The highest BCUT2D eigenvalue weighted by atomic mass is 16.5. The number of rotatable bonds is 7. The fourth-order valence-electron chi connectivity index (χ4n) is 2.59. The van der Waals surface area contributed by atoms with Gasteiger partial charge < -0.3 is 24.2 Å². The molecule has 3 rings (SSSR count). The quantitative estimate of drug-likeness (QED) is 0.349. The minimum atomic E-state index is -0.556. The fourth-order valence-corrected chi connectivity index (χ4v) is 2.59. The van der Waals surface area contributed by atoms with Gasteiger partial charge in [0.2, 0.25) is 11.6 Å². The Morgan fingerprint density at radius 1 is 1.11 bits per heavy atom. The molecule has 8 nitrogen and oxygen atoms in total. The molecule has 28 heavy (non-hydrogen) atoms. The van der Waals surface area contributed by atoms with Crippen molar-refractivity contribution in [3.8, 4) is 0 Å². The van der Waals surface area contributed by atoms with Gasteiger partial charge in [0.25, 0.3) is 0 Å². The summed E-state index contributed by atoms with van der Waals surface area (Å²) in [7, 11) is 1.54. The lowest BCUT2D eigenvalue weighted by Gasteiger charge is -2.11. The summed E-state index contributed by atoms with van der Waals surface area (Å²) in [6.07, 6.45) is 0.101. The molecule has 0 atom stereocenters. The van der Waals surface area contributed by atoms with E-state index in [1.165, 1.54) is 12.1 Å². The Hall–Kier alpha value is -2.94. The summed E-state index contributed by atoms with van der Waals surface area (Å²) in [6.45, 7) is 0.404. The van der Waals surface area contributed by atoms with Crippen molar-refractivity contribution < 1.29 is 38.5 Å². The molecule has 0 spiro atoms. The van der Waals surface area contributed by atoms with Gasteiger partial charge in [0.15, 0.2) is 17.3 Å². The summed E-state index contributed by atoms with van der Waals surface area (Å²) in [5, 5.41) is 16.8. The molecule has 2 N–H and O–H groups in total. The third-order valence-electron chi connectivity index (χ3n) is 4.06. The first-order chi connectivity index (χ1) is 13.5. The lowest BCUT2D eigenvalue weighted by Crippen LogP contribution is -2.18. The number of hydrogen-bond donors (Lipinski definition) is 2. The lowest BCUT2D eigenvalue weighted by molar-refractivity contribution is -0.107. The molecular weight excluding hydrogens is 368 g/mol. The van der Waals surface area contributed by atoms with E-state index in [9.17, 15) is 19.2 Å². The zero-order valence-corrected chi connectivity index (χ0v) is 15.2. The molecule has 8 heteroatoms. The molecule has 0 radical (unpaired) electrons. The maximum Gasteiger partial charge on any atom is 0.229 e. The maximum absolute atomic E-state index is 12.3. The number of ether oxygens (including phenoxy) is 1. The Labute approximate surface area is 160 Å². The van der Waals surface area contributed by atoms with Gasteiger partial charge in [-0.05, 0) is 6.07 Å². The average molecular weight is 388 g/mol. The van der Waals surface area contributed by atoms with Gasteiger partial charge in [-0.15, -0.1) is 0 Å². The largest absolute Gasteiger partial charge is 0.449 e. The zero-order valence-electron chi connectivity index (χ0n) is 15.2. The van der Waals surface area contributed by atoms with E-state index in [0.29, 0.717) is 18.5 Å². The molecule has 0 bridgehead atoms. The highest BCUT2D eigenvalue weighted by Gasteiger charge is 2.34. The number of methoxy groups -OCH3 is 1. The van der Waals surface area contributed by atoms with Crippen molar-refractivity contribution in [3.63, 3.8) is 0 Å². The summed E-state index contributed by atoms with van der Waals surface area (Å²) >= 11 is 0. The number of benzene rings is 1. The average Bonchev–Trinajstić information content (AvgIpc) is 3.17. The maximum atomic E-state index is 12.3. The molecule has 1 heterocycles. The van der Waals surface area contributed by atoms with Gasteiger partial charge in [-0.25, -0.2) is 0 Å². The summed E-state index contributed by atoms with van der Waals surface area (Å²) in [5.74, 6) is -1.73. The number of aliphatic hydroxyl groups is 2. The smallest absolute Gasteiger partial charge is 0.229 e. The fraction of sp³-hybridized carbons (Fsp3) is 0.300. The van der Waals surface area contributed by atoms with Gasteiger partial charge in [-0.1, -0.05) is 24.3 Å². The van der Waals surface area contributed by atoms with Gasteiger partial charge in [0.05, 0.1) is 31.8 Å². The van der Waals surface area contributed by atoms with Crippen LogP contribution in [0.25, 0.3) is 0 Å². The molecular formula is C20H20O8. The standard InChI is InChI=1S/C15H8O5.C5H12O3/c16-6-5-11(17)12-7-10-13(18)8-3-1-2-4-9(8)14(19)15(10)20-12;1-8-4-5(2-6)3-7/h1-4,6-7H,5H2;5-7H,2-4H2,1H3. The number of Topliss-reactive ketones (excluding diaryl/α,β-unsaturated/α-hetero) is 1. The van der Waals surface area contributed by atoms with Crippen molar-refractivity contribution in [1.82, 2.24) is 0 Å². The molecule has 1 aromatic heterocycles. The van der Waals surface area contributed by atoms with Crippen LogP contribution < -0.4 is 0 Å². The number of ketones is 3. The Morgan fingerprint density at radius 2 is 1.71 bits per heavy atom. The first-order valence-electron chi connectivity index (χ1n) is 8.48. The molecule has 148 valence electrons. The summed E-state index contributed by atoms with van der Waals surface area (Å²) < 4.78 is 9.85. The van der Waals surface area contributed by atoms with E-state index in [1.54, 1.807) is 25.3 Å². The van der Waals surface area contributed by atoms with Gasteiger partial charge >= 0.3 is 0 Å². The van der Waals surface area contributed by atoms with Crippen LogP contribution in [0, 0.1) is 5.92 Å². The Kier molecular flexibility index (Phi) is 7.51. The second-order valence-electron chi connectivity index (χ2n) is 6.04. The Balaban J connectivity index is 0.000000300. The van der Waals surface area contributed by atoms with Crippen molar-refractivity contribution >= 4 is 23.6 Å². The molecule has 1 aliphatic rings. The van der Waals surface area contributed by atoms with Crippen molar-refractivity contribution in [2.24, 2.45) is 5.92 Å². The lowest BCUT2D eigenvalue weighted by atomic mass is 9.88. The van der Waals surface area contributed by atoms with Crippen LogP contribution in [-0.2, 0) is 9.53 Å². The van der Waals surface area contributed by atoms with Crippen molar-refractivity contribution in [2.45, 2.75) is 6.42 Å². The van der Waals surface area contributed by atoms with E-state index in [0.717, 1.165) is 0 Å². The van der Waals surface area contributed by atoms with Crippen molar-refractivity contribution in [1.29, 1.82) is 0 Å². The minimum Gasteiger partial charge on any atom is -0.449 e. The van der Waals surface area contributed by atoms with Gasteiger partial charge in [0.1, 0.15) is 6.29 Å². The highest BCUT2D eigenvalue weighted by Crippen LogP contribution is 2.29. The normalized spacial score (nSPS) is 12.1. The number of hydrogen-bond acceptors (Lipinski definition) is 8. The Bertz CT molecular complexity index is 824. The molecule has 1 aromatic carbocycles. The zero-order chi connectivity index (χ0) is 20.7. The van der Waals surface area contributed by atoms with Gasteiger partial charge in [-0.3, -0.25) is 14.4 Å². The van der Waals surface area contributed by atoms with Crippen molar-refractivity contribution in [2.75, 3.05) is 26.9 Å². The first-order valence-corrected chi connectivity index (χ1v) is 8.48. The molecule has 0 unspecified atom stereocenters. The molecule has 1 aliphatic carbocycles. The molecule has 2 aromatic rings. The molecule has 0 saturated carbocycles. The van der Waals surface area contributed by atoms with Crippen LogP contribution in [0.1, 0.15) is 49.0 Å². The number of carbonyl (C=O) groups is 4. The van der Waals surface area contributed by atoms with Crippen molar-refractivity contribution in [3.05, 3.63) is 58.5 Å². The number of aliphatic hydroxyl groups excluding tert-OH is 2. The minimum absolute atomic E-state index is 0.00958. The van der Waals surface area contributed by atoms with E-state index >= 15 is 0 Å². The molecule has 0 fully saturated rings.